The summed E-state index contributed by atoms with van der Waals surface area (Å²) in [6.45, 7) is 0.726. The lowest BCUT2D eigenvalue weighted by molar-refractivity contribution is 0.423. The molecule has 0 amide bonds. The van der Waals surface area contributed by atoms with Gasteiger partial charge in [-0.1, -0.05) is 29.8 Å². The number of rotatable bonds is 4. The lowest BCUT2D eigenvalue weighted by Gasteiger charge is -2.42. The van der Waals surface area contributed by atoms with Crippen molar-refractivity contribution >= 4 is 42.4 Å². The third-order valence-corrected chi connectivity index (χ3v) is 6.37. The summed E-state index contributed by atoms with van der Waals surface area (Å²) in [5.74, 6) is 1.45. The quantitative estimate of drug-likeness (QED) is 0.398. The van der Waals surface area contributed by atoms with E-state index < -0.39 is 0 Å². The number of aryl methyl sites for hydroxylation is 1. The fourth-order valence-electron chi connectivity index (χ4n) is 4.37. The van der Waals surface area contributed by atoms with Crippen LogP contribution in [0.5, 0.6) is 0 Å². The highest BCUT2D eigenvalue weighted by molar-refractivity contribution is 7.59. The minimum absolute atomic E-state index is 0. The molecule has 0 unspecified atom stereocenters. The molecule has 1 atom stereocenters. The van der Waals surface area contributed by atoms with Crippen molar-refractivity contribution in [1.29, 1.82) is 0 Å². The van der Waals surface area contributed by atoms with E-state index in [2.05, 4.69) is 20.0 Å². The second kappa shape index (κ2) is 8.75. The molecule has 178 valence electrons. The van der Waals surface area contributed by atoms with E-state index in [9.17, 15) is 4.79 Å². The SMILES string of the molecule is Cn1cc(-c2cnc(N)nc2N2CC[C@H]2c2nn3ccc(Cl)c3c(=O)n2-c2ccccc2)cn1.S. The number of halogens is 1. The number of aromatic nitrogens is 7. The van der Waals surface area contributed by atoms with Crippen molar-refractivity contribution in [3.8, 4) is 16.8 Å². The van der Waals surface area contributed by atoms with Gasteiger partial charge in [0, 0.05) is 43.3 Å². The van der Waals surface area contributed by atoms with Crippen LogP contribution in [0.15, 0.2) is 66.0 Å². The molecule has 6 rings (SSSR count). The summed E-state index contributed by atoms with van der Waals surface area (Å²) in [4.78, 5) is 24.5. The van der Waals surface area contributed by atoms with Gasteiger partial charge in [-0.15, -0.1) is 0 Å². The Morgan fingerprint density at radius 1 is 1.14 bits per heavy atom. The molecule has 0 aliphatic carbocycles. The van der Waals surface area contributed by atoms with E-state index in [-0.39, 0.29) is 31.0 Å². The average molecular weight is 508 g/mol. The van der Waals surface area contributed by atoms with Crippen molar-refractivity contribution in [2.75, 3.05) is 17.2 Å². The fourth-order valence-corrected chi connectivity index (χ4v) is 4.59. The Balaban J connectivity index is 0.00000253. The Morgan fingerprint density at radius 2 is 1.94 bits per heavy atom. The lowest BCUT2D eigenvalue weighted by atomic mass is 10.00. The summed E-state index contributed by atoms with van der Waals surface area (Å²) >= 11 is 6.33. The van der Waals surface area contributed by atoms with Crippen molar-refractivity contribution in [3.63, 3.8) is 0 Å². The zero-order valence-corrected chi connectivity index (χ0v) is 20.5. The number of para-hydroxylation sites is 1. The molecule has 12 heteroatoms. The van der Waals surface area contributed by atoms with Crippen LogP contribution in [0.2, 0.25) is 5.02 Å². The van der Waals surface area contributed by atoms with Crippen LogP contribution in [0, 0.1) is 0 Å². The second-order valence-electron chi connectivity index (χ2n) is 8.16. The number of nitrogen functional groups attached to an aromatic ring is 1. The molecule has 0 spiro atoms. The molecule has 4 aromatic heterocycles. The van der Waals surface area contributed by atoms with Crippen LogP contribution in [0.4, 0.5) is 11.8 Å². The third kappa shape index (κ3) is 3.72. The molecule has 0 radical (unpaired) electrons. The van der Waals surface area contributed by atoms with E-state index >= 15 is 0 Å². The molecule has 2 N–H and O–H groups in total. The van der Waals surface area contributed by atoms with Gasteiger partial charge in [0.1, 0.15) is 11.3 Å². The Bertz CT molecular complexity index is 1590. The molecule has 5 aromatic rings. The number of nitrogens with two attached hydrogens (primary N) is 1. The topological polar surface area (TPSA) is 112 Å². The number of fused-ring (bicyclic) bond motifs is 1. The normalized spacial score (nSPS) is 15.1. The van der Waals surface area contributed by atoms with Crippen LogP contribution in [-0.2, 0) is 7.05 Å². The van der Waals surface area contributed by atoms with Gasteiger partial charge in [-0.25, -0.2) is 9.50 Å². The maximum Gasteiger partial charge on any atom is 0.284 e. The first-order valence-corrected chi connectivity index (χ1v) is 11.1. The summed E-state index contributed by atoms with van der Waals surface area (Å²) < 4.78 is 4.90. The molecule has 5 heterocycles. The predicted octanol–water partition coefficient (Wildman–Crippen LogP) is 2.98. The van der Waals surface area contributed by atoms with Gasteiger partial charge < -0.3 is 10.6 Å². The highest BCUT2D eigenvalue weighted by Gasteiger charge is 2.37. The minimum Gasteiger partial charge on any atom is -0.368 e. The Kier molecular flexibility index (Phi) is 5.73. The van der Waals surface area contributed by atoms with E-state index in [1.807, 2.05) is 43.6 Å². The smallest absolute Gasteiger partial charge is 0.284 e. The Hall–Kier alpha value is -3.83. The first-order valence-electron chi connectivity index (χ1n) is 10.7. The van der Waals surface area contributed by atoms with Crippen LogP contribution in [-0.4, -0.2) is 40.5 Å². The summed E-state index contributed by atoms with van der Waals surface area (Å²) in [7, 11) is 1.85. The van der Waals surface area contributed by atoms with Crippen LogP contribution < -0.4 is 16.2 Å². The van der Waals surface area contributed by atoms with Crippen molar-refractivity contribution < 1.29 is 0 Å². The zero-order chi connectivity index (χ0) is 23.4. The molecule has 35 heavy (non-hydrogen) atoms. The molecular formula is C23H22ClN9OS. The Labute approximate surface area is 212 Å². The number of anilines is 2. The van der Waals surface area contributed by atoms with Gasteiger partial charge in [0.05, 0.1) is 22.9 Å². The molecule has 1 fully saturated rings. The summed E-state index contributed by atoms with van der Waals surface area (Å²) in [5, 5.41) is 9.46. The van der Waals surface area contributed by atoms with Crippen molar-refractivity contribution in [3.05, 3.63) is 82.4 Å². The summed E-state index contributed by atoms with van der Waals surface area (Å²) in [5.41, 5.74) is 8.49. The first kappa shape index (κ1) is 22.9. The average Bonchev–Trinajstić information content (AvgIpc) is 3.39. The van der Waals surface area contributed by atoms with E-state index in [0.717, 1.165) is 29.8 Å². The number of hydrogen-bond donors (Lipinski definition) is 1. The molecule has 1 aromatic carbocycles. The lowest BCUT2D eigenvalue weighted by Crippen LogP contribution is -2.45. The highest BCUT2D eigenvalue weighted by atomic mass is 35.5. The maximum absolute atomic E-state index is 13.6. The van der Waals surface area contributed by atoms with Gasteiger partial charge in [-0.2, -0.15) is 28.7 Å². The van der Waals surface area contributed by atoms with Gasteiger partial charge in [0.2, 0.25) is 5.95 Å². The monoisotopic (exact) mass is 507 g/mol. The van der Waals surface area contributed by atoms with Crippen LogP contribution >= 0.6 is 25.1 Å². The van der Waals surface area contributed by atoms with E-state index in [1.165, 1.54) is 0 Å². The maximum atomic E-state index is 13.6. The summed E-state index contributed by atoms with van der Waals surface area (Å²) in [6.07, 6.45) is 7.86. The zero-order valence-electron chi connectivity index (χ0n) is 18.7. The molecular weight excluding hydrogens is 486 g/mol. The van der Waals surface area contributed by atoms with Crippen molar-refractivity contribution in [1.82, 2.24) is 33.9 Å². The molecule has 1 saturated heterocycles. The molecule has 0 saturated carbocycles. The first-order chi connectivity index (χ1) is 16.5. The minimum atomic E-state index is -0.229. The number of benzene rings is 1. The van der Waals surface area contributed by atoms with Crippen LogP contribution in [0.3, 0.4) is 0 Å². The fraction of sp³-hybridized carbons (Fsp3) is 0.174. The molecule has 1 aliphatic heterocycles. The van der Waals surface area contributed by atoms with Gasteiger partial charge in [-0.3, -0.25) is 14.0 Å². The predicted molar refractivity (Wildman–Crippen MR) is 140 cm³/mol. The Morgan fingerprint density at radius 3 is 2.63 bits per heavy atom. The van der Waals surface area contributed by atoms with Gasteiger partial charge in [0.25, 0.3) is 5.56 Å². The van der Waals surface area contributed by atoms with Crippen molar-refractivity contribution in [2.45, 2.75) is 12.5 Å². The number of hydrogen-bond acceptors (Lipinski definition) is 7. The second-order valence-corrected chi connectivity index (χ2v) is 8.56. The van der Waals surface area contributed by atoms with E-state index in [0.29, 0.717) is 22.2 Å². The molecule has 1 aliphatic rings. The van der Waals surface area contributed by atoms with Crippen LogP contribution in [0.1, 0.15) is 18.3 Å². The molecule has 0 bridgehead atoms. The van der Waals surface area contributed by atoms with Gasteiger partial charge >= 0.3 is 0 Å². The third-order valence-electron chi connectivity index (χ3n) is 6.07. The van der Waals surface area contributed by atoms with E-state index in [1.54, 1.807) is 38.4 Å². The van der Waals surface area contributed by atoms with Crippen LogP contribution in [0.25, 0.3) is 22.3 Å². The highest BCUT2D eigenvalue weighted by Crippen LogP contribution is 2.41. The standard InChI is InChI=1S/C23H20ClN9O.H2S/c1-30-13-14(11-27-30)16-12-26-23(25)28-20(16)31-9-8-18(31)21-29-32-10-7-17(24)19(32)22(34)33(21)15-5-3-2-4-6-15;/h2-7,10-13,18H,8-9H2,1H3,(H2,25,26,28);1H2/t18-;/m0./s1. The molecule has 10 nitrogen and oxygen atoms in total. The largest absolute Gasteiger partial charge is 0.368 e. The van der Waals surface area contributed by atoms with Gasteiger partial charge in [-0.05, 0) is 24.6 Å². The summed E-state index contributed by atoms with van der Waals surface area (Å²) in [6, 6.07) is 10.9. The number of nitrogens with zero attached hydrogens (tertiary/aromatic N) is 8. The van der Waals surface area contributed by atoms with E-state index in [4.69, 9.17) is 22.4 Å². The van der Waals surface area contributed by atoms with Gasteiger partial charge in [0.15, 0.2) is 5.82 Å². The van der Waals surface area contributed by atoms with Crippen molar-refractivity contribution in [2.24, 2.45) is 7.05 Å².